The van der Waals surface area contributed by atoms with E-state index in [1.165, 1.54) is 4.90 Å². The third kappa shape index (κ3) is 2.62. The molecule has 1 rings (SSSR count). The van der Waals surface area contributed by atoms with E-state index in [0.717, 1.165) is 0 Å². The summed E-state index contributed by atoms with van der Waals surface area (Å²) in [6.45, 7) is 3.49. The molecule has 0 radical (unpaired) electrons. The molecule has 0 spiro atoms. The molecule has 1 aromatic rings. The van der Waals surface area contributed by atoms with Gasteiger partial charge in [-0.3, -0.25) is 4.79 Å². The summed E-state index contributed by atoms with van der Waals surface area (Å²) in [7, 11) is 3.24. The number of anilines is 1. The average Bonchev–Trinajstić information content (AvgIpc) is 2.44. The minimum Gasteiger partial charge on any atom is -0.497 e. The number of rotatable bonds is 4. The Morgan fingerprint density at radius 1 is 1.56 bits per heavy atom. The SMILES string of the molecule is CCC(C)(C#N)C(=O)N(C)c1cccc(OC)c1. The van der Waals surface area contributed by atoms with Crippen LogP contribution in [0.25, 0.3) is 0 Å². The molecule has 18 heavy (non-hydrogen) atoms. The Kier molecular flexibility index (Phi) is 4.33. The van der Waals surface area contributed by atoms with Crippen LogP contribution in [0, 0.1) is 16.7 Å². The van der Waals surface area contributed by atoms with Gasteiger partial charge in [0.1, 0.15) is 11.2 Å². The Morgan fingerprint density at radius 2 is 2.22 bits per heavy atom. The predicted molar refractivity (Wildman–Crippen MR) is 70.4 cm³/mol. The normalized spacial score (nSPS) is 13.3. The smallest absolute Gasteiger partial charge is 0.246 e. The molecule has 0 aliphatic heterocycles. The number of benzene rings is 1. The van der Waals surface area contributed by atoms with Gasteiger partial charge in [0.25, 0.3) is 0 Å². The van der Waals surface area contributed by atoms with Gasteiger partial charge >= 0.3 is 0 Å². The highest BCUT2D eigenvalue weighted by atomic mass is 16.5. The van der Waals surface area contributed by atoms with Crippen LogP contribution in [0.2, 0.25) is 0 Å². The van der Waals surface area contributed by atoms with Crippen LogP contribution in [0.15, 0.2) is 24.3 Å². The van der Waals surface area contributed by atoms with Gasteiger partial charge < -0.3 is 9.64 Å². The van der Waals surface area contributed by atoms with Crippen molar-refractivity contribution in [2.45, 2.75) is 20.3 Å². The summed E-state index contributed by atoms with van der Waals surface area (Å²) in [5.74, 6) is 0.475. The third-order valence-electron chi connectivity index (χ3n) is 3.17. The van der Waals surface area contributed by atoms with E-state index in [4.69, 9.17) is 10.00 Å². The van der Waals surface area contributed by atoms with Crippen molar-refractivity contribution in [1.82, 2.24) is 0 Å². The fourth-order valence-electron chi connectivity index (χ4n) is 1.58. The van der Waals surface area contributed by atoms with Crippen molar-refractivity contribution in [2.24, 2.45) is 5.41 Å². The first-order valence-corrected chi connectivity index (χ1v) is 5.82. The fourth-order valence-corrected chi connectivity index (χ4v) is 1.58. The number of ether oxygens (including phenoxy) is 1. The molecule has 1 amide bonds. The summed E-state index contributed by atoms with van der Waals surface area (Å²) in [4.78, 5) is 13.8. The van der Waals surface area contributed by atoms with Crippen LogP contribution in [0.5, 0.6) is 5.75 Å². The van der Waals surface area contributed by atoms with Gasteiger partial charge in [0, 0.05) is 18.8 Å². The van der Waals surface area contributed by atoms with Gasteiger partial charge in [-0.25, -0.2) is 0 Å². The van der Waals surface area contributed by atoms with Gasteiger partial charge in [0.2, 0.25) is 5.91 Å². The van der Waals surface area contributed by atoms with Crippen LogP contribution in [0.1, 0.15) is 20.3 Å². The van der Waals surface area contributed by atoms with Crippen LogP contribution in [0.3, 0.4) is 0 Å². The number of amides is 1. The number of nitriles is 1. The van der Waals surface area contributed by atoms with Crippen molar-refractivity contribution in [1.29, 1.82) is 5.26 Å². The molecule has 0 N–H and O–H groups in total. The first kappa shape index (κ1) is 14.0. The molecular formula is C14H18N2O2. The predicted octanol–water partition coefficient (Wildman–Crippen LogP) is 2.60. The first-order chi connectivity index (χ1) is 8.48. The highest BCUT2D eigenvalue weighted by molar-refractivity contribution is 5.98. The second kappa shape index (κ2) is 5.54. The maximum Gasteiger partial charge on any atom is 0.246 e. The molecule has 1 unspecified atom stereocenters. The maximum atomic E-state index is 12.3. The molecule has 0 saturated carbocycles. The maximum absolute atomic E-state index is 12.3. The van der Waals surface area contributed by atoms with E-state index in [-0.39, 0.29) is 5.91 Å². The highest BCUT2D eigenvalue weighted by Crippen LogP contribution is 2.27. The van der Waals surface area contributed by atoms with Gasteiger partial charge in [-0.05, 0) is 25.5 Å². The number of nitrogens with zero attached hydrogens (tertiary/aromatic N) is 2. The zero-order valence-electron chi connectivity index (χ0n) is 11.2. The summed E-state index contributed by atoms with van der Waals surface area (Å²) in [6.07, 6.45) is 0.483. The van der Waals surface area contributed by atoms with Crippen LogP contribution in [-0.2, 0) is 4.79 Å². The second-order valence-corrected chi connectivity index (χ2v) is 4.36. The van der Waals surface area contributed by atoms with Gasteiger partial charge in [-0.15, -0.1) is 0 Å². The number of hydrogen-bond donors (Lipinski definition) is 0. The van der Waals surface area contributed by atoms with Crippen LogP contribution in [-0.4, -0.2) is 20.1 Å². The van der Waals surface area contributed by atoms with Crippen molar-refractivity contribution in [3.63, 3.8) is 0 Å². The number of carbonyl (C=O) groups excluding carboxylic acids is 1. The number of hydrogen-bond acceptors (Lipinski definition) is 3. The summed E-state index contributed by atoms with van der Waals surface area (Å²) in [5.41, 5.74) is -0.271. The molecule has 0 bridgehead atoms. The largest absolute Gasteiger partial charge is 0.497 e. The quantitative estimate of drug-likeness (QED) is 0.820. The second-order valence-electron chi connectivity index (χ2n) is 4.36. The molecule has 0 fully saturated rings. The first-order valence-electron chi connectivity index (χ1n) is 5.82. The standard InChI is InChI=1S/C14H18N2O2/c1-5-14(2,10-15)13(17)16(3)11-7-6-8-12(9-11)18-4/h6-9H,5H2,1-4H3. The lowest BCUT2D eigenvalue weighted by Gasteiger charge is -2.26. The lowest BCUT2D eigenvalue weighted by Crippen LogP contribution is -2.39. The number of methoxy groups -OCH3 is 1. The lowest BCUT2D eigenvalue weighted by molar-refractivity contribution is -0.124. The van der Waals surface area contributed by atoms with Gasteiger partial charge in [-0.1, -0.05) is 13.0 Å². The minimum absolute atomic E-state index is 0.208. The van der Waals surface area contributed by atoms with E-state index in [1.54, 1.807) is 27.1 Å². The Labute approximate surface area is 108 Å². The number of carbonyl (C=O) groups is 1. The molecule has 0 aromatic heterocycles. The fraction of sp³-hybridized carbons (Fsp3) is 0.429. The Bertz CT molecular complexity index is 479. The Morgan fingerprint density at radius 3 is 2.72 bits per heavy atom. The van der Waals surface area contributed by atoms with Gasteiger partial charge in [-0.2, -0.15) is 5.26 Å². The van der Waals surface area contributed by atoms with Gasteiger partial charge in [0.05, 0.1) is 13.2 Å². The van der Waals surface area contributed by atoms with Crippen molar-refractivity contribution in [3.05, 3.63) is 24.3 Å². The highest BCUT2D eigenvalue weighted by Gasteiger charge is 2.34. The molecule has 96 valence electrons. The molecule has 0 aliphatic rings. The summed E-state index contributed by atoms with van der Waals surface area (Å²) >= 11 is 0. The Balaban J connectivity index is 3.03. The average molecular weight is 246 g/mol. The zero-order valence-corrected chi connectivity index (χ0v) is 11.2. The van der Waals surface area contributed by atoms with E-state index in [1.807, 2.05) is 25.1 Å². The summed E-state index contributed by atoms with van der Waals surface area (Å²) in [6, 6.07) is 9.29. The molecule has 0 heterocycles. The molecule has 1 aromatic carbocycles. The zero-order chi connectivity index (χ0) is 13.8. The molecular weight excluding hydrogens is 228 g/mol. The van der Waals surface area contributed by atoms with Crippen molar-refractivity contribution >= 4 is 11.6 Å². The van der Waals surface area contributed by atoms with Gasteiger partial charge in [0.15, 0.2) is 0 Å². The van der Waals surface area contributed by atoms with Crippen LogP contribution >= 0.6 is 0 Å². The van der Waals surface area contributed by atoms with E-state index in [9.17, 15) is 4.79 Å². The van der Waals surface area contributed by atoms with Crippen molar-refractivity contribution in [3.8, 4) is 11.8 Å². The van der Waals surface area contributed by atoms with E-state index in [2.05, 4.69) is 6.07 Å². The Hall–Kier alpha value is -2.02. The topological polar surface area (TPSA) is 53.3 Å². The van der Waals surface area contributed by atoms with Crippen molar-refractivity contribution < 1.29 is 9.53 Å². The van der Waals surface area contributed by atoms with E-state index >= 15 is 0 Å². The van der Waals surface area contributed by atoms with Crippen LogP contribution in [0.4, 0.5) is 5.69 Å². The summed E-state index contributed by atoms with van der Waals surface area (Å²) in [5, 5.41) is 9.13. The molecule has 4 nitrogen and oxygen atoms in total. The van der Waals surface area contributed by atoms with E-state index < -0.39 is 5.41 Å². The summed E-state index contributed by atoms with van der Waals surface area (Å²) < 4.78 is 5.12. The van der Waals surface area contributed by atoms with Crippen molar-refractivity contribution in [2.75, 3.05) is 19.1 Å². The molecule has 1 atom stereocenters. The molecule has 4 heteroatoms. The van der Waals surface area contributed by atoms with Crippen LogP contribution < -0.4 is 9.64 Å². The minimum atomic E-state index is -0.988. The third-order valence-corrected chi connectivity index (χ3v) is 3.17. The molecule has 0 saturated heterocycles. The molecule has 0 aliphatic carbocycles. The van der Waals surface area contributed by atoms with E-state index in [0.29, 0.717) is 17.9 Å². The lowest BCUT2D eigenvalue weighted by atomic mass is 9.88. The monoisotopic (exact) mass is 246 g/mol.